The second-order valence-electron chi connectivity index (χ2n) is 7.93. The second kappa shape index (κ2) is 7.81. The van der Waals surface area contributed by atoms with Gasteiger partial charge in [-0.05, 0) is 25.0 Å². The summed E-state index contributed by atoms with van der Waals surface area (Å²) < 4.78 is 0. The zero-order valence-electron chi connectivity index (χ0n) is 16.0. The molecule has 4 rings (SSSR count). The fraction of sp³-hybridized carbons (Fsp3) is 0.571. The van der Waals surface area contributed by atoms with Gasteiger partial charge in [-0.25, -0.2) is 0 Å². The first kappa shape index (κ1) is 18.8. The van der Waals surface area contributed by atoms with E-state index in [1.54, 1.807) is 17.0 Å². The van der Waals surface area contributed by atoms with Crippen LogP contribution in [0.15, 0.2) is 24.3 Å². The SMILES string of the molecule is O=C(CCN1C(=O)[C@@H]2CCCC[C@H]2C1=O)N1CCN(c2ccccc2O)CC1. The molecule has 0 unspecified atom stereocenters. The van der Waals surface area contributed by atoms with Crippen LogP contribution in [0.25, 0.3) is 0 Å². The van der Waals surface area contributed by atoms with E-state index in [4.69, 9.17) is 0 Å². The molecule has 1 aromatic rings. The van der Waals surface area contributed by atoms with E-state index in [1.807, 2.05) is 12.1 Å². The number of anilines is 1. The monoisotopic (exact) mass is 385 g/mol. The minimum absolute atomic E-state index is 0.0209. The van der Waals surface area contributed by atoms with E-state index < -0.39 is 0 Å². The van der Waals surface area contributed by atoms with Crippen LogP contribution in [0.5, 0.6) is 5.75 Å². The molecule has 3 amide bonds. The van der Waals surface area contributed by atoms with Gasteiger partial charge in [-0.1, -0.05) is 25.0 Å². The molecular weight excluding hydrogens is 358 g/mol. The summed E-state index contributed by atoms with van der Waals surface area (Å²) in [7, 11) is 0. The van der Waals surface area contributed by atoms with E-state index in [0.717, 1.165) is 31.4 Å². The molecule has 150 valence electrons. The molecule has 3 fully saturated rings. The molecule has 1 aliphatic carbocycles. The number of fused-ring (bicyclic) bond motifs is 1. The number of aromatic hydroxyl groups is 1. The van der Waals surface area contributed by atoms with Crippen LogP contribution in [0.3, 0.4) is 0 Å². The van der Waals surface area contributed by atoms with Crippen LogP contribution in [0, 0.1) is 11.8 Å². The summed E-state index contributed by atoms with van der Waals surface area (Å²) in [6.45, 7) is 2.63. The Bertz CT molecular complexity index is 749. The standard InChI is InChI=1S/C21H27N3O4/c25-18-8-4-3-7-17(18)22-11-13-23(14-12-22)19(26)9-10-24-20(27)15-5-1-2-6-16(15)21(24)28/h3-4,7-8,15-16,25H,1-2,5-6,9-14H2/t15-,16-/m1/s1. The van der Waals surface area contributed by atoms with Gasteiger partial charge in [-0.3, -0.25) is 19.3 Å². The topological polar surface area (TPSA) is 81.2 Å². The predicted octanol–water partition coefficient (Wildman–Crippen LogP) is 1.61. The van der Waals surface area contributed by atoms with E-state index in [2.05, 4.69) is 4.90 Å². The van der Waals surface area contributed by atoms with Gasteiger partial charge in [0.05, 0.1) is 17.5 Å². The number of hydrogen-bond donors (Lipinski definition) is 1. The number of piperazine rings is 1. The largest absolute Gasteiger partial charge is 0.506 e. The molecule has 0 aromatic heterocycles. The number of amides is 3. The lowest BCUT2D eigenvalue weighted by atomic mass is 9.81. The van der Waals surface area contributed by atoms with Crippen molar-refractivity contribution >= 4 is 23.4 Å². The molecule has 1 saturated carbocycles. The number of phenols is 1. The van der Waals surface area contributed by atoms with Crippen molar-refractivity contribution < 1.29 is 19.5 Å². The van der Waals surface area contributed by atoms with Crippen molar-refractivity contribution in [2.24, 2.45) is 11.8 Å². The minimum Gasteiger partial charge on any atom is -0.506 e. The number of rotatable bonds is 4. The molecule has 1 aromatic carbocycles. The average Bonchev–Trinajstić information content (AvgIpc) is 2.97. The lowest BCUT2D eigenvalue weighted by molar-refractivity contribution is -0.140. The molecule has 1 N–H and O–H groups in total. The van der Waals surface area contributed by atoms with Crippen molar-refractivity contribution in [1.82, 2.24) is 9.80 Å². The van der Waals surface area contributed by atoms with E-state index in [0.29, 0.717) is 26.2 Å². The van der Waals surface area contributed by atoms with Gasteiger partial charge >= 0.3 is 0 Å². The highest BCUT2D eigenvalue weighted by atomic mass is 16.3. The van der Waals surface area contributed by atoms with Crippen LogP contribution in [0.1, 0.15) is 32.1 Å². The maximum atomic E-state index is 12.6. The molecular formula is C21H27N3O4. The van der Waals surface area contributed by atoms with Gasteiger partial charge in [0.2, 0.25) is 17.7 Å². The quantitative estimate of drug-likeness (QED) is 0.797. The van der Waals surface area contributed by atoms with Crippen LogP contribution < -0.4 is 4.90 Å². The van der Waals surface area contributed by atoms with Crippen LogP contribution in [0.2, 0.25) is 0 Å². The van der Waals surface area contributed by atoms with Crippen molar-refractivity contribution in [1.29, 1.82) is 0 Å². The summed E-state index contributed by atoms with van der Waals surface area (Å²) in [5.74, 6) is -0.238. The van der Waals surface area contributed by atoms with Crippen LogP contribution >= 0.6 is 0 Å². The average molecular weight is 385 g/mol. The third-order valence-corrected chi connectivity index (χ3v) is 6.34. The number of carbonyl (C=O) groups excluding carboxylic acids is 3. The third kappa shape index (κ3) is 3.45. The Kier molecular flexibility index (Phi) is 5.24. The Morgan fingerprint density at radius 3 is 2.18 bits per heavy atom. The summed E-state index contributed by atoms with van der Waals surface area (Å²) in [5.41, 5.74) is 0.783. The number of imide groups is 1. The Morgan fingerprint density at radius 1 is 0.964 bits per heavy atom. The van der Waals surface area contributed by atoms with Crippen LogP contribution in [-0.2, 0) is 14.4 Å². The summed E-state index contributed by atoms with van der Waals surface area (Å²) in [6.07, 6.45) is 3.80. The molecule has 2 atom stereocenters. The second-order valence-corrected chi connectivity index (χ2v) is 7.93. The molecule has 0 bridgehead atoms. The predicted molar refractivity (Wildman–Crippen MR) is 104 cm³/mol. The first-order chi connectivity index (χ1) is 13.6. The minimum atomic E-state index is -0.154. The summed E-state index contributed by atoms with van der Waals surface area (Å²) in [4.78, 5) is 42.8. The Labute approximate surface area is 164 Å². The van der Waals surface area contributed by atoms with Gasteiger partial charge in [-0.2, -0.15) is 0 Å². The normalized spacial score (nSPS) is 25.2. The first-order valence-corrected chi connectivity index (χ1v) is 10.2. The fourth-order valence-electron chi connectivity index (χ4n) is 4.75. The molecule has 7 nitrogen and oxygen atoms in total. The Morgan fingerprint density at radius 2 is 1.57 bits per heavy atom. The molecule has 7 heteroatoms. The number of hydrogen-bond acceptors (Lipinski definition) is 5. The Hall–Kier alpha value is -2.57. The van der Waals surface area contributed by atoms with Gasteiger partial charge in [0.1, 0.15) is 5.75 Å². The number of benzene rings is 1. The molecule has 2 saturated heterocycles. The zero-order chi connectivity index (χ0) is 19.7. The van der Waals surface area contributed by atoms with Gasteiger partial charge in [-0.15, -0.1) is 0 Å². The van der Waals surface area contributed by atoms with E-state index in [-0.39, 0.29) is 48.3 Å². The lowest BCUT2D eigenvalue weighted by Gasteiger charge is -2.36. The number of carbonyl (C=O) groups is 3. The summed E-state index contributed by atoms with van der Waals surface area (Å²) in [5, 5.41) is 9.99. The van der Waals surface area contributed by atoms with Gasteiger partial charge in [0.25, 0.3) is 0 Å². The lowest BCUT2D eigenvalue weighted by Crippen LogP contribution is -2.49. The third-order valence-electron chi connectivity index (χ3n) is 6.34. The maximum absolute atomic E-state index is 12.6. The molecule has 2 aliphatic heterocycles. The zero-order valence-corrected chi connectivity index (χ0v) is 16.0. The molecule has 0 radical (unpaired) electrons. The maximum Gasteiger partial charge on any atom is 0.233 e. The highest BCUT2D eigenvalue weighted by Gasteiger charge is 2.47. The van der Waals surface area contributed by atoms with Crippen molar-refractivity contribution in [3.8, 4) is 5.75 Å². The van der Waals surface area contributed by atoms with Crippen molar-refractivity contribution in [2.75, 3.05) is 37.6 Å². The van der Waals surface area contributed by atoms with Crippen LogP contribution in [0.4, 0.5) is 5.69 Å². The van der Waals surface area contributed by atoms with Gasteiger partial charge in [0.15, 0.2) is 0 Å². The Balaban J connectivity index is 1.29. The smallest absolute Gasteiger partial charge is 0.233 e. The molecule has 3 aliphatic rings. The number of para-hydroxylation sites is 2. The summed E-state index contributed by atoms with van der Waals surface area (Å²) >= 11 is 0. The molecule has 0 spiro atoms. The summed E-state index contributed by atoms with van der Waals surface area (Å²) in [6, 6.07) is 7.20. The van der Waals surface area contributed by atoms with Gasteiger partial charge < -0.3 is 14.9 Å². The van der Waals surface area contributed by atoms with Crippen molar-refractivity contribution in [2.45, 2.75) is 32.1 Å². The van der Waals surface area contributed by atoms with E-state index >= 15 is 0 Å². The van der Waals surface area contributed by atoms with Crippen molar-refractivity contribution in [3.63, 3.8) is 0 Å². The van der Waals surface area contributed by atoms with E-state index in [9.17, 15) is 19.5 Å². The fourth-order valence-corrected chi connectivity index (χ4v) is 4.75. The molecule has 28 heavy (non-hydrogen) atoms. The number of nitrogens with zero attached hydrogens (tertiary/aromatic N) is 3. The molecule has 2 heterocycles. The number of likely N-dealkylation sites (tertiary alicyclic amines) is 1. The first-order valence-electron chi connectivity index (χ1n) is 10.2. The van der Waals surface area contributed by atoms with Crippen LogP contribution in [-0.4, -0.2) is 65.4 Å². The van der Waals surface area contributed by atoms with Gasteiger partial charge in [0, 0.05) is 39.1 Å². The highest BCUT2D eigenvalue weighted by Crippen LogP contribution is 2.38. The highest BCUT2D eigenvalue weighted by molar-refractivity contribution is 6.05. The van der Waals surface area contributed by atoms with Crippen molar-refractivity contribution in [3.05, 3.63) is 24.3 Å². The van der Waals surface area contributed by atoms with E-state index in [1.165, 1.54) is 4.90 Å². The number of phenolic OH excluding ortho intramolecular Hbond substituents is 1.